The van der Waals surface area contributed by atoms with Crippen LogP contribution in [0, 0.1) is 0 Å². The van der Waals surface area contributed by atoms with Crippen molar-refractivity contribution in [2.45, 2.75) is 32.2 Å². The van der Waals surface area contributed by atoms with Gasteiger partial charge < -0.3 is 10.6 Å². The van der Waals surface area contributed by atoms with Crippen molar-refractivity contribution < 1.29 is 0 Å². The van der Waals surface area contributed by atoms with Crippen LogP contribution in [0.3, 0.4) is 0 Å². The molecule has 0 unspecified atom stereocenters. The second-order valence-electron chi connectivity index (χ2n) is 3.80. The molecule has 0 bridgehead atoms. The maximum absolute atomic E-state index is 5.86. The third kappa shape index (κ3) is 2.15. The highest BCUT2D eigenvalue weighted by atomic mass is 35.5. The van der Waals surface area contributed by atoms with Crippen molar-refractivity contribution in [2.24, 2.45) is 0 Å². The van der Waals surface area contributed by atoms with Crippen LogP contribution in [0.1, 0.15) is 26.2 Å². The van der Waals surface area contributed by atoms with Crippen LogP contribution in [0.5, 0.6) is 0 Å². The SMILES string of the molecule is CC[C@@H]1CCCN1c1cc(Cl)nc(N)n1. The van der Waals surface area contributed by atoms with Crippen LogP contribution in [0.2, 0.25) is 5.15 Å². The van der Waals surface area contributed by atoms with E-state index in [2.05, 4.69) is 21.8 Å². The molecule has 1 atom stereocenters. The fourth-order valence-corrected chi connectivity index (χ4v) is 2.32. The molecule has 4 nitrogen and oxygen atoms in total. The highest BCUT2D eigenvalue weighted by Crippen LogP contribution is 2.27. The summed E-state index contributed by atoms with van der Waals surface area (Å²) in [6.45, 7) is 3.22. The topological polar surface area (TPSA) is 55.0 Å². The first-order chi connectivity index (χ1) is 7.20. The summed E-state index contributed by atoms with van der Waals surface area (Å²) in [4.78, 5) is 10.4. The molecule has 1 aromatic heterocycles. The number of halogens is 1. The van der Waals surface area contributed by atoms with Gasteiger partial charge in [-0.2, -0.15) is 4.98 Å². The Kier molecular flexibility index (Phi) is 2.95. The molecule has 2 heterocycles. The number of anilines is 2. The third-order valence-electron chi connectivity index (χ3n) is 2.84. The fraction of sp³-hybridized carbons (Fsp3) is 0.600. The molecule has 0 aromatic carbocycles. The van der Waals surface area contributed by atoms with Crippen molar-refractivity contribution in [1.82, 2.24) is 9.97 Å². The zero-order valence-electron chi connectivity index (χ0n) is 8.78. The summed E-state index contributed by atoms with van der Waals surface area (Å²) >= 11 is 5.86. The molecule has 1 aliphatic heterocycles. The minimum atomic E-state index is 0.249. The van der Waals surface area contributed by atoms with Crippen LogP contribution in [-0.4, -0.2) is 22.6 Å². The monoisotopic (exact) mass is 226 g/mol. The lowest BCUT2D eigenvalue weighted by atomic mass is 10.2. The van der Waals surface area contributed by atoms with E-state index < -0.39 is 0 Å². The summed E-state index contributed by atoms with van der Waals surface area (Å²) in [5, 5.41) is 0.416. The molecule has 5 heteroatoms. The molecule has 2 N–H and O–H groups in total. The molecule has 15 heavy (non-hydrogen) atoms. The highest BCUT2D eigenvalue weighted by Gasteiger charge is 2.24. The molecule has 1 aliphatic rings. The molecular weight excluding hydrogens is 212 g/mol. The van der Waals surface area contributed by atoms with Gasteiger partial charge in [0, 0.05) is 18.7 Å². The summed E-state index contributed by atoms with van der Waals surface area (Å²) in [5.41, 5.74) is 5.58. The second-order valence-corrected chi connectivity index (χ2v) is 4.19. The van der Waals surface area contributed by atoms with E-state index in [0.29, 0.717) is 11.2 Å². The van der Waals surface area contributed by atoms with E-state index in [1.54, 1.807) is 6.07 Å². The molecule has 0 aliphatic carbocycles. The number of nitrogens with two attached hydrogens (primary N) is 1. The summed E-state index contributed by atoms with van der Waals surface area (Å²) in [6, 6.07) is 2.35. The van der Waals surface area contributed by atoms with Crippen molar-refractivity contribution >= 4 is 23.4 Å². The summed E-state index contributed by atoms with van der Waals surface area (Å²) in [6.07, 6.45) is 3.56. The Balaban J connectivity index is 2.28. The van der Waals surface area contributed by atoms with E-state index in [1.807, 2.05) is 0 Å². The van der Waals surface area contributed by atoms with Gasteiger partial charge in [0.25, 0.3) is 0 Å². The van der Waals surface area contributed by atoms with Crippen LogP contribution in [0.4, 0.5) is 11.8 Å². The first-order valence-corrected chi connectivity index (χ1v) is 5.65. The van der Waals surface area contributed by atoms with Crippen molar-refractivity contribution in [2.75, 3.05) is 17.2 Å². The molecule has 0 saturated carbocycles. The maximum atomic E-state index is 5.86. The van der Waals surface area contributed by atoms with E-state index in [1.165, 1.54) is 12.8 Å². The molecule has 82 valence electrons. The van der Waals surface area contributed by atoms with Gasteiger partial charge in [-0.05, 0) is 19.3 Å². The zero-order chi connectivity index (χ0) is 10.8. The van der Waals surface area contributed by atoms with E-state index in [9.17, 15) is 0 Å². The van der Waals surface area contributed by atoms with E-state index >= 15 is 0 Å². The first-order valence-electron chi connectivity index (χ1n) is 5.27. The van der Waals surface area contributed by atoms with Gasteiger partial charge in [-0.15, -0.1) is 0 Å². The lowest BCUT2D eigenvalue weighted by Gasteiger charge is -2.24. The summed E-state index contributed by atoms with van der Waals surface area (Å²) in [7, 11) is 0. The first kappa shape index (κ1) is 10.5. The lowest BCUT2D eigenvalue weighted by molar-refractivity contribution is 0.640. The predicted molar refractivity (Wildman–Crippen MR) is 62.1 cm³/mol. The van der Waals surface area contributed by atoms with Crippen LogP contribution in [0.15, 0.2) is 6.07 Å². The Hall–Kier alpha value is -1.03. The Bertz CT molecular complexity index is 335. The summed E-state index contributed by atoms with van der Waals surface area (Å²) < 4.78 is 0. The fourth-order valence-electron chi connectivity index (χ4n) is 2.13. The molecular formula is C10H15ClN4. The van der Waals surface area contributed by atoms with Gasteiger partial charge >= 0.3 is 0 Å². The normalized spacial score (nSPS) is 20.9. The van der Waals surface area contributed by atoms with Crippen molar-refractivity contribution in [3.8, 4) is 0 Å². The Morgan fingerprint density at radius 3 is 3.07 bits per heavy atom. The quantitative estimate of drug-likeness (QED) is 0.785. The van der Waals surface area contributed by atoms with Crippen LogP contribution in [-0.2, 0) is 0 Å². The Morgan fingerprint density at radius 1 is 1.60 bits per heavy atom. The van der Waals surface area contributed by atoms with E-state index in [4.69, 9.17) is 17.3 Å². The molecule has 0 radical (unpaired) electrons. The number of aromatic nitrogens is 2. The number of nitrogens with zero attached hydrogens (tertiary/aromatic N) is 3. The lowest BCUT2D eigenvalue weighted by Crippen LogP contribution is -2.29. The van der Waals surface area contributed by atoms with E-state index in [-0.39, 0.29) is 5.95 Å². The zero-order valence-corrected chi connectivity index (χ0v) is 9.54. The molecule has 1 fully saturated rings. The largest absolute Gasteiger partial charge is 0.368 e. The van der Waals surface area contributed by atoms with Gasteiger partial charge in [-0.3, -0.25) is 0 Å². The van der Waals surface area contributed by atoms with Gasteiger partial charge in [0.1, 0.15) is 11.0 Å². The molecule has 1 aromatic rings. The van der Waals surface area contributed by atoms with Crippen LogP contribution in [0.25, 0.3) is 0 Å². The van der Waals surface area contributed by atoms with E-state index in [0.717, 1.165) is 18.8 Å². The average molecular weight is 227 g/mol. The second kappa shape index (κ2) is 4.23. The number of hydrogen-bond donors (Lipinski definition) is 1. The predicted octanol–water partition coefficient (Wildman–Crippen LogP) is 2.09. The Morgan fingerprint density at radius 2 is 2.40 bits per heavy atom. The van der Waals surface area contributed by atoms with Gasteiger partial charge in [0.2, 0.25) is 5.95 Å². The van der Waals surface area contributed by atoms with Crippen molar-refractivity contribution in [3.63, 3.8) is 0 Å². The van der Waals surface area contributed by atoms with Gasteiger partial charge in [0.15, 0.2) is 0 Å². The molecule has 0 spiro atoms. The standard InChI is InChI=1S/C10H15ClN4/c1-2-7-4-3-5-15(7)9-6-8(11)13-10(12)14-9/h6-7H,2-5H2,1H3,(H2,12,13,14)/t7-/m1/s1. The average Bonchev–Trinajstić information content (AvgIpc) is 2.63. The Labute approximate surface area is 94.5 Å². The molecule has 0 amide bonds. The van der Waals surface area contributed by atoms with Gasteiger partial charge in [0.05, 0.1) is 0 Å². The van der Waals surface area contributed by atoms with Crippen molar-refractivity contribution in [1.29, 1.82) is 0 Å². The van der Waals surface area contributed by atoms with Gasteiger partial charge in [-0.1, -0.05) is 18.5 Å². The highest BCUT2D eigenvalue weighted by molar-refractivity contribution is 6.29. The molecule has 1 saturated heterocycles. The minimum Gasteiger partial charge on any atom is -0.368 e. The van der Waals surface area contributed by atoms with Crippen LogP contribution < -0.4 is 10.6 Å². The summed E-state index contributed by atoms with van der Waals surface area (Å²) in [5.74, 6) is 1.11. The minimum absolute atomic E-state index is 0.249. The maximum Gasteiger partial charge on any atom is 0.223 e. The van der Waals surface area contributed by atoms with Crippen molar-refractivity contribution in [3.05, 3.63) is 11.2 Å². The number of nitrogen functional groups attached to an aromatic ring is 1. The number of hydrogen-bond acceptors (Lipinski definition) is 4. The van der Waals surface area contributed by atoms with Crippen LogP contribution >= 0.6 is 11.6 Å². The third-order valence-corrected chi connectivity index (χ3v) is 3.03. The molecule has 2 rings (SSSR count). The number of rotatable bonds is 2. The van der Waals surface area contributed by atoms with Gasteiger partial charge in [-0.25, -0.2) is 4.98 Å². The smallest absolute Gasteiger partial charge is 0.223 e.